The molecule has 0 N–H and O–H groups in total. The van der Waals surface area contributed by atoms with Crippen molar-refractivity contribution in [3.8, 4) is 66.9 Å². The van der Waals surface area contributed by atoms with Crippen LogP contribution in [0, 0.1) is 6.07 Å². The van der Waals surface area contributed by atoms with Crippen LogP contribution in [0.1, 0.15) is 25.0 Å². The Hall–Kier alpha value is -6.18. The minimum atomic E-state index is -0.0678. The van der Waals surface area contributed by atoms with E-state index in [0.29, 0.717) is 0 Å². The van der Waals surface area contributed by atoms with E-state index in [1.54, 1.807) is 0 Å². The van der Waals surface area contributed by atoms with E-state index in [2.05, 4.69) is 220 Å². The van der Waals surface area contributed by atoms with Gasteiger partial charge in [0, 0.05) is 30.9 Å². The van der Waals surface area contributed by atoms with Crippen LogP contribution < -0.4 is 0 Å². The number of hydrogen-bond donors (Lipinski definition) is 0. The van der Waals surface area contributed by atoms with Crippen molar-refractivity contribution in [3.63, 3.8) is 0 Å². The first kappa shape index (κ1) is 36.8. The molecule has 0 unspecified atom stereocenters. The number of fused-ring (bicyclic) bond motifs is 1. The molecule has 0 aliphatic heterocycles. The van der Waals surface area contributed by atoms with Crippen molar-refractivity contribution in [1.82, 2.24) is 4.98 Å². The Labute approximate surface area is 343 Å². The average Bonchev–Trinajstić information content (AvgIpc) is 3.27. The zero-order valence-electron chi connectivity index (χ0n) is 31.4. The van der Waals surface area contributed by atoms with Crippen LogP contribution in [-0.4, -0.2) is 4.98 Å². The van der Waals surface area contributed by atoms with Crippen molar-refractivity contribution in [3.05, 3.63) is 223 Å². The van der Waals surface area contributed by atoms with Gasteiger partial charge in [0.25, 0.3) is 0 Å². The van der Waals surface area contributed by atoms with Gasteiger partial charge in [-0.3, -0.25) is 4.98 Å². The number of nitrogens with zero attached hydrogens (tertiary/aromatic N) is 1. The van der Waals surface area contributed by atoms with Crippen LogP contribution in [0.3, 0.4) is 0 Å². The van der Waals surface area contributed by atoms with Crippen LogP contribution in [0.15, 0.2) is 206 Å². The third-order valence-corrected chi connectivity index (χ3v) is 10.9. The summed E-state index contributed by atoms with van der Waals surface area (Å²) < 4.78 is 0. The number of rotatable bonds is 8. The molecule has 1 heterocycles. The molecule has 9 rings (SSSR count). The number of pyridine rings is 1. The van der Waals surface area contributed by atoms with Crippen LogP contribution in [-0.2, 0) is 25.5 Å². The molecule has 1 aromatic heterocycles. The minimum absolute atomic E-state index is 0. The standard InChI is InChI=1S/C54H40N.Ir/c1-54(2,48-25-7-4-8-26-48)49-31-29-38(30-32-49)40-17-11-18-41(33-40)42-19-12-20-43(34-42)44-21-13-22-45(35-44)46-23-14-24-47(36-46)53-37-51(39-15-5-3-6-16-39)50-27-9-10-28-52(50)55-53;/h3-23,25-37H,1-2H3;/q-1;. The molecule has 1 nitrogen and oxygen atoms in total. The predicted molar refractivity (Wildman–Crippen MR) is 232 cm³/mol. The molecule has 271 valence electrons. The van der Waals surface area contributed by atoms with Gasteiger partial charge in [-0.15, -0.1) is 35.4 Å². The molecule has 8 aromatic carbocycles. The smallest absolute Gasteiger partial charge is 0.0601 e. The first-order chi connectivity index (χ1) is 27.0. The van der Waals surface area contributed by atoms with Gasteiger partial charge in [0.1, 0.15) is 0 Å². The quantitative estimate of drug-likeness (QED) is 0.139. The molecule has 2 heteroatoms. The molecule has 0 bridgehead atoms. The Morgan fingerprint density at radius 3 is 1.45 bits per heavy atom. The minimum Gasteiger partial charge on any atom is -0.296 e. The molecule has 0 amide bonds. The summed E-state index contributed by atoms with van der Waals surface area (Å²) in [5.41, 5.74) is 17.2. The van der Waals surface area contributed by atoms with E-state index in [4.69, 9.17) is 4.98 Å². The largest absolute Gasteiger partial charge is 0.296 e. The number of aromatic nitrogens is 1. The predicted octanol–water partition coefficient (Wildman–Crippen LogP) is 14.4. The van der Waals surface area contributed by atoms with Crippen molar-refractivity contribution < 1.29 is 20.1 Å². The van der Waals surface area contributed by atoms with Gasteiger partial charge in [-0.25, -0.2) is 0 Å². The Balaban J connectivity index is 0.00000441. The summed E-state index contributed by atoms with van der Waals surface area (Å²) in [6.07, 6.45) is 0. The Morgan fingerprint density at radius 1 is 0.393 bits per heavy atom. The van der Waals surface area contributed by atoms with Gasteiger partial charge in [-0.1, -0.05) is 178 Å². The van der Waals surface area contributed by atoms with Gasteiger partial charge < -0.3 is 0 Å². The molecule has 0 spiro atoms. The number of benzene rings is 8. The topological polar surface area (TPSA) is 12.9 Å². The molecule has 0 saturated carbocycles. The van der Waals surface area contributed by atoms with E-state index in [1.165, 1.54) is 55.6 Å². The Kier molecular flexibility index (Phi) is 10.4. The summed E-state index contributed by atoms with van der Waals surface area (Å²) in [7, 11) is 0. The molecule has 56 heavy (non-hydrogen) atoms. The second-order valence-electron chi connectivity index (χ2n) is 14.7. The van der Waals surface area contributed by atoms with Gasteiger partial charge >= 0.3 is 0 Å². The molecule has 0 atom stereocenters. The summed E-state index contributed by atoms with van der Waals surface area (Å²) in [4.78, 5) is 5.09. The summed E-state index contributed by atoms with van der Waals surface area (Å²) in [5.74, 6) is 0. The van der Waals surface area contributed by atoms with Gasteiger partial charge in [0.15, 0.2) is 0 Å². The van der Waals surface area contributed by atoms with E-state index in [9.17, 15) is 0 Å². The summed E-state index contributed by atoms with van der Waals surface area (Å²) >= 11 is 0. The monoisotopic (exact) mass is 895 g/mol. The Bertz CT molecular complexity index is 2770. The van der Waals surface area contributed by atoms with Gasteiger partial charge in [0.2, 0.25) is 0 Å². The Morgan fingerprint density at radius 2 is 0.857 bits per heavy atom. The fourth-order valence-electron chi connectivity index (χ4n) is 7.70. The third-order valence-electron chi connectivity index (χ3n) is 10.9. The maximum atomic E-state index is 5.09. The fraction of sp³-hybridized carbons (Fsp3) is 0.0556. The molecule has 1 radical (unpaired) electrons. The molecule has 0 fully saturated rings. The third kappa shape index (κ3) is 7.42. The van der Waals surface area contributed by atoms with Crippen molar-refractivity contribution in [2.45, 2.75) is 19.3 Å². The summed E-state index contributed by atoms with van der Waals surface area (Å²) in [6.45, 7) is 4.59. The van der Waals surface area contributed by atoms with Crippen molar-refractivity contribution in [1.29, 1.82) is 0 Å². The van der Waals surface area contributed by atoms with E-state index in [0.717, 1.165) is 33.3 Å². The summed E-state index contributed by atoms with van der Waals surface area (Å²) in [5, 5.41) is 1.15. The first-order valence-corrected chi connectivity index (χ1v) is 18.9. The summed E-state index contributed by atoms with van der Waals surface area (Å²) in [6, 6.07) is 77.4. The normalized spacial score (nSPS) is 11.2. The number of para-hydroxylation sites is 1. The van der Waals surface area contributed by atoms with Crippen molar-refractivity contribution >= 4 is 10.9 Å². The van der Waals surface area contributed by atoms with E-state index >= 15 is 0 Å². The zero-order chi connectivity index (χ0) is 37.2. The second kappa shape index (κ2) is 15.9. The van der Waals surface area contributed by atoms with Gasteiger partial charge in [-0.2, -0.15) is 0 Å². The molecule has 9 aromatic rings. The molecule has 0 aliphatic carbocycles. The van der Waals surface area contributed by atoms with Crippen LogP contribution in [0.5, 0.6) is 0 Å². The van der Waals surface area contributed by atoms with Crippen LogP contribution >= 0.6 is 0 Å². The zero-order valence-corrected chi connectivity index (χ0v) is 33.8. The van der Waals surface area contributed by atoms with E-state index in [1.807, 2.05) is 6.07 Å². The van der Waals surface area contributed by atoms with E-state index in [-0.39, 0.29) is 25.5 Å². The van der Waals surface area contributed by atoms with Gasteiger partial charge in [0.05, 0.1) is 5.52 Å². The second-order valence-corrected chi connectivity index (χ2v) is 14.7. The maximum absolute atomic E-state index is 5.09. The fourth-order valence-corrected chi connectivity index (χ4v) is 7.70. The van der Waals surface area contributed by atoms with E-state index < -0.39 is 0 Å². The van der Waals surface area contributed by atoms with Crippen LogP contribution in [0.2, 0.25) is 0 Å². The molecular formula is C54H40IrN-. The maximum Gasteiger partial charge on any atom is 0.0601 e. The van der Waals surface area contributed by atoms with Gasteiger partial charge in [-0.05, 0) is 91.2 Å². The first-order valence-electron chi connectivity index (χ1n) is 18.9. The average molecular weight is 895 g/mol. The number of hydrogen-bond acceptors (Lipinski definition) is 1. The molecule has 0 aliphatic rings. The van der Waals surface area contributed by atoms with Crippen molar-refractivity contribution in [2.24, 2.45) is 0 Å². The SMILES string of the molecule is CC(C)(c1ccccc1)c1ccc(-c2cccc(-c3cccc(-c4cccc(-c5cc[c-]c(-c6cc(-c7ccccc7)c7ccccc7n6)c5)c4)c3)c2)cc1.[Ir]. The van der Waals surface area contributed by atoms with Crippen LogP contribution in [0.25, 0.3) is 77.8 Å². The molecule has 0 saturated heterocycles. The van der Waals surface area contributed by atoms with Crippen molar-refractivity contribution in [2.75, 3.05) is 0 Å². The van der Waals surface area contributed by atoms with Crippen LogP contribution in [0.4, 0.5) is 0 Å². The molecular weight excluding hydrogens is 855 g/mol.